The summed E-state index contributed by atoms with van der Waals surface area (Å²) < 4.78 is 1.13. The number of hydrogen-bond donors (Lipinski definition) is 1. The van der Waals surface area contributed by atoms with E-state index in [1.54, 1.807) is 17.4 Å². The quantitative estimate of drug-likeness (QED) is 0.716. The van der Waals surface area contributed by atoms with Crippen molar-refractivity contribution in [2.24, 2.45) is 0 Å². The molecule has 0 spiro atoms. The highest BCUT2D eigenvalue weighted by Crippen LogP contribution is 2.30. The van der Waals surface area contributed by atoms with E-state index in [1.165, 1.54) is 4.88 Å². The topological polar surface area (TPSA) is 12.0 Å². The minimum absolute atomic E-state index is 0.223. The van der Waals surface area contributed by atoms with Gasteiger partial charge >= 0.3 is 0 Å². The highest BCUT2D eigenvalue weighted by atomic mass is 79.9. The molecule has 5 heteroatoms. The lowest BCUT2D eigenvalue weighted by Gasteiger charge is -2.14. The van der Waals surface area contributed by atoms with E-state index in [-0.39, 0.29) is 6.04 Å². The Morgan fingerprint density at radius 3 is 2.35 bits per heavy atom. The van der Waals surface area contributed by atoms with Crippen molar-refractivity contribution < 1.29 is 0 Å². The Hall–Kier alpha value is -0.220. The van der Waals surface area contributed by atoms with Crippen molar-refractivity contribution in [1.82, 2.24) is 0 Å². The zero-order valence-corrected chi connectivity index (χ0v) is 12.9. The molecular weight excluding hydrogens is 341 g/mol. The smallest absolute Gasteiger partial charge is 0.0702 e. The van der Waals surface area contributed by atoms with Gasteiger partial charge in [0.2, 0.25) is 0 Å². The van der Waals surface area contributed by atoms with Gasteiger partial charge in [0.1, 0.15) is 0 Å². The van der Waals surface area contributed by atoms with Crippen LogP contribution in [0.15, 0.2) is 34.1 Å². The summed E-state index contributed by atoms with van der Waals surface area (Å²) in [6, 6.07) is 9.82. The van der Waals surface area contributed by atoms with Crippen LogP contribution in [0.4, 0.5) is 5.69 Å². The number of hydrogen-bond acceptors (Lipinski definition) is 2. The first-order chi connectivity index (χ1) is 8.04. The van der Waals surface area contributed by atoms with Gasteiger partial charge in [0.15, 0.2) is 0 Å². The Bertz CT molecular complexity index is 507. The van der Waals surface area contributed by atoms with Gasteiger partial charge in [0, 0.05) is 20.6 Å². The van der Waals surface area contributed by atoms with E-state index in [0.29, 0.717) is 10.0 Å². The number of anilines is 1. The van der Waals surface area contributed by atoms with Crippen LogP contribution >= 0.6 is 50.5 Å². The van der Waals surface area contributed by atoms with Crippen LogP contribution in [0.3, 0.4) is 0 Å². The van der Waals surface area contributed by atoms with Gasteiger partial charge in [-0.15, -0.1) is 11.3 Å². The highest BCUT2D eigenvalue weighted by Gasteiger charge is 2.08. The van der Waals surface area contributed by atoms with Gasteiger partial charge in [0.25, 0.3) is 0 Å². The third kappa shape index (κ3) is 3.62. The summed E-state index contributed by atoms with van der Waals surface area (Å²) in [6.45, 7) is 2.10. The molecule has 0 amide bonds. The molecule has 0 saturated carbocycles. The molecule has 1 aromatic heterocycles. The van der Waals surface area contributed by atoms with E-state index in [4.69, 9.17) is 23.2 Å². The monoisotopic (exact) mass is 349 g/mol. The number of halogens is 3. The number of thiophene rings is 1. The Morgan fingerprint density at radius 2 is 1.82 bits per heavy atom. The fourth-order valence-corrected chi connectivity index (χ4v) is 3.47. The second kappa shape index (κ2) is 5.61. The van der Waals surface area contributed by atoms with Crippen LogP contribution in [0.1, 0.15) is 17.8 Å². The Labute approximate surface area is 123 Å². The Morgan fingerprint density at radius 1 is 1.18 bits per heavy atom. The summed E-state index contributed by atoms with van der Waals surface area (Å²) in [5, 5.41) is 4.65. The first-order valence-electron chi connectivity index (χ1n) is 5.02. The molecule has 90 valence electrons. The summed E-state index contributed by atoms with van der Waals surface area (Å²) in [7, 11) is 0. The van der Waals surface area contributed by atoms with Crippen LogP contribution in [-0.4, -0.2) is 0 Å². The third-order valence-electron chi connectivity index (χ3n) is 2.27. The molecule has 17 heavy (non-hydrogen) atoms. The molecular formula is C12H10BrCl2NS. The molecule has 2 rings (SSSR count). The first kappa shape index (κ1) is 13.2. The van der Waals surface area contributed by atoms with E-state index >= 15 is 0 Å². The van der Waals surface area contributed by atoms with E-state index in [0.717, 1.165) is 9.47 Å². The summed E-state index contributed by atoms with van der Waals surface area (Å²) in [6.07, 6.45) is 0. The van der Waals surface area contributed by atoms with E-state index < -0.39 is 0 Å². The van der Waals surface area contributed by atoms with Crippen LogP contribution in [0.2, 0.25) is 10.0 Å². The zero-order valence-electron chi connectivity index (χ0n) is 9.01. The lowest BCUT2D eigenvalue weighted by molar-refractivity contribution is 0.908. The molecule has 2 aromatic rings. The van der Waals surface area contributed by atoms with Gasteiger partial charge in [-0.05, 0) is 53.2 Å². The Kier molecular flexibility index (Phi) is 4.36. The SMILES string of the molecule is CC(Nc1cc(Cl)cc(Cl)c1)c1ccc(Br)s1. The van der Waals surface area contributed by atoms with Gasteiger partial charge < -0.3 is 5.32 Å². The molecule has 0 aliphatic carbocycles. The summed E-state index contributed by atoms with van der Waals surface area (Å²) in [4.78, 5) is 1.26. The molecule has 0 fully saturated rings. The Balaban J connectivity index is 2.15. The molecule has 1 unspecified atom stereocenters. The summed E-state index contributed by atoms with van der Waals surface area (Å²) in [5.41, 5.74) is 0.930. The second-order valence-electron chi connectivity index (χ2n) is 3.67. The first-order valence-corrected chi connectivity index (χ1v) is 7.39. The molecule has 0 saturated heterocycles. The van der Waals surface area contributed by atoms with Crippen molar-refractivity contribution in [1.29, 1.82) is 0 Å². The summed E-state index contributed by atoms with van der Waals surface area (Å²) >= 11 is 17.1. The predicted octanol–water partition coefficient (Wildman–Crippen LogP) is 5.99. The molecule has 1 atom stereocenters. The number of nitrogens with one attached hydrogen (secondary N) is 1. The average Bonchev–Trinajstić information content (AvgIpc) is 2.63. The van der Waals surface area contributed by atoms with Crippen LogP contribution in [0.5, 0.6) is 0 Å². The van der Waals surface area contributed by atoms with Gasteiger partial charge in [0.05, 0.1) is 9.83 Å². The van der Waals surface area contributed by atoms with Gasteiger partial charge in [-0.1, -0.05) is 23.2 Å². The average molecular weight is 351 g/mol. The van der Waals surface area contributed by atoms with Crippen molar-refractivity contribution in [3.8, 4) is 0 Å². The molecule has 0 bridgehead atoms. The van der Waals surface area contributed by atoms with Crippen LogP contribution in [-0.2, 0) is 0 Å². The largest absolute Gasteiger partial charge is 0.378 e. The predicted molar refractivity (Wildman–Crippen MR) is 80.5 cm³/mol. The van der Waals surface area contributed by atoms with Gasteiger partial charge in [-0.2, -0.15) is 0 Å². The minimum Gasteiger partial charge on any atom is -0.378 e. The number of rotatable bonds is 3. The van der Waals surface area contributed by atoms with Crippen molar-refractivity contribution in [2.45, 2.75) is 13.0 Å². The highest BCUT2D eigenvalue weighted by molar-refractivity contribution is 9.11. The number of benzene rings is 1. The molecule has 0 aliphatic heterocycles. The van der Waals surface area contributed by atoms with Gasteiger partial charge in [-0.25, -0.2) is 0 Å². The van der Waals surface area contributed by atoms with E-state index in [2.05, 4.69) is 34.2 Å². The van der Waals surface area contributed by atoms with Crippen molar-refractivity contribution in [3.63, 3.8) is 0 Å². The molecule has 1 heterocycles. The standard InChI is InChI=1S/C12H10BrCl2NS/c1-7(11-2-3-12(13)17-11)16-10-5-8(14)4-9(15)6-10/h2-7,16H,1H3. The van der Waals surface area contributed by atoms with E-state index in [1.807, 2.05) is 18.2 Å². The third-order valence-corrected chi connectivity index (χ3v) is 4.51. The minimum atomic E-state index is 0.223. The van der Waals surface area contributed by atoms with Crippen LogP contribution < -0.4 is 5.32 Å². The van der Waals surface area contributed by atoms with E-state index in [9.17, 15) is 0 Å². The maximum atomic E-state index is 5.95. The zero-order chi connectivity index (χ0) is 12.4. The fourth-order valence-electron chi connectivity index (χ4n) is 1.52. The second-order valence-corrected chi connectivity index (χ2v) is 7.03. The molecule has 1 aromatic carbocycles. The lowest BCUT2D eigenvalue weighted by Crippen LogP contribution is -2.04. The maximum absolute atomic E-state index is 5.95. The van der Waals surface area contributed by atoms with Crippen molar-refractivity contribution >= 4 is 56.2 Å². The van der Waals surface area contributed by atoms with Crippen molar-refractivity contribution in [3.05, 3.63) is 49.0 Å². The summed E-state index contributed by atoms with van der Waals surface area (Å²) in [5.74, 6) is 0. The molecule has 1 N–H and O–H groups in total. The fraction of sp³-hybridized carbons (Fsp3) is 0.167. The maximum Gasteiger partial charge on any atom is 0.0702 e. The normalized spacial score (nSPS) is 12.5. The molecule has 0 aliphatic rings. The molecule has 1 nitrogen and oxygen atoms in total. The van der Waals surface area contributed by atoms with Gasteiger partial charge in [-0.3, -0.25) is 0 Å². The lowest BCUT2D eigenvalue weighted by atomic mass is 10.2. The molecule has 0 radical (unpaired) electrons. The van der Waals surface area contributed by atoms with Crippen LogP contribution in [0, 0.1) is 0 Å². The van der Waals surface area contributed by atoms with Crippen LogP contribution in [0.25, 0.3) is 0 Å². The van der Waals surface area contributed by atoms with Crippen molar-refractivity contribution in [2.75, 3.05) is 5.32 Å².